The summed E-state index contributed by atoms with van der Waals surface area (Å²) < 4.78 is 5.32. The number of carboxylic acid groups (broad SMARTS) is 1. The molecular weight excluding hydrogens is 236 g/mol. The van der Waals surface area contributed by atoms with Crippen LogP contribution in [0.2, 0.25) is 0 Å². The molecule has 18 heavy (non-hydrogen) atoms. The van der Waals surface area contributed by atoms with Crippen molar-refractivity contribution in [2.24, 2.45) is 0 Å². The van der Waals surface area contributed by atoms with Gasteiger partial charge in [0.25, 0.3) is 0 Å². The zero-order chi connectivity index (χ0) is 13.1. The number of rotatable bonds is 5. The van der Waals surface area contributed by atoms with Crippen molar-refractivity contribution in [1.29, 1.82) is 0 Å². The Morgan fingerprint density at radius 1 is 1.50 bits per heavy atom. The van der Waals surface area contributed by atoms with Crippen LogP contribution in [0.3, 0.4) is 0 Å². The molecule has 0 unspecified atom stereocenters. The summed E-state index contributed by atoms with van der Waals surface area (Å²) in [4.78, 5) is 23.9. The van der Waals surface area contributed by atoms with Gasteiger partial charge in [-0.2, -0.15) is 0 Å². The fourth-order valence-corrected chi connectivity index (χ4v) is 1.74. The molecule has 1 aliphatic carbocycles. The van der Waals surface area contributed by atoms with Crippen molar-refractivity contribution in [1.82, 2.24) is 10.2 Å². The zero-order valence-corrected chi connectivity index (χ0v) is 10.2. The average molecular weight is 252 g/mol. The molecule has 0 atom stereocenters. The van der Waals surface area contributed by atoms with Crippen molar-refractivity contribution in [3.63, 3.8) is 0 Å². The number of furan rings is 1. The predicted octanol–water partition coefficient (Wildman–Crippen LogP) is 1.35. The molecule has 0 radical (unpaired) electrons. The van der Waals surface area contributed by atoms with Gasteiger partial charge in [-0.1, -0.05) is 0 Å². The maximum absolute atomic E-state index is 11.9. The highest BCUT2D eigenvalue weighted by atomic mass is 16.4. The summed E-state index contributed by atoms with van der Waals surface area (Å²) in [6.45, 7) is 1.84. The predicted molar refractivity (Wildman–Crippen MR) is 63.0 cm³/mol. The SMILES string of the molecule is Cc1ccc(CNC(=O)N(CC(=O)O)C2CC2)o1. The van der Waals surface area contributed by atoms with E-state index in [1.165, 1.54) is 4.90 Å². The molecule has 6 nitrogen and oxygen atoms in total. The van der Waals surface area contributed by atoms with E-state index in [4.69, 9.17) is 9.52 Å². The van der Waals surface area contributed by atoms with Crippen molar-refractivity contribution in [3.8, 4) is 0 Å². The highest BCUT2D eigenvalue weighted by Gasteiger charge is 2.33. The second-order valence-electron chi connectivity index (χ2n) is 4.42. The van der Waals surface area contributed by atoms with Crippen LogP contribution in [-0.2, 0) is 11.3 Å². The standard InChI is InChI=1S/C12H16N2O4/c1-8-2-5-10(18-8)6-13-12(17)14(7-11(15)16)9-3-4-9/h2,5,9H,3-4,6-7H2,1H3,(H,13,17)(H,15,16). The van der Waals surface area contributed by atoms with E-state index in [0.29, 0.717) is 5.76 Å². The smallest absolute Gasteiger partial charge is 0.323 e. The normalized spacial score (nSPS) is 14.3. The number of hydrogen-bond acceptors (Lipinski definition) is 3. The lowest BCUT2D eigenvalue weighted by molar-refractivity contribution is -0.137. The van der Waals surface area contributed by atoms with Crippen molar-refractivity contribution in [3.05, 3.63) is 23.7 Å². The van der Waals surface area contributed by atoms with Crippen molar-refractivity contribution in [2.75, 3.05) is 6.54 Å². The van der Waals surface area contributed by atoms with Crippen LogP contribution in [-0.4, -0.2) is 34.6 Å². The third-order valence-electron chi connectivity index (χ3n) is 2.76. The monoisotopic (exact) mass is 252 g/mol. The second-order valence-corrected chi connectivity index (χ2v) is 4.42. The van der Waals surface area contributed by atoms with Crippen LogP contribution in [0, 0.1) is 6.92 Å². The number of aliphatic carboxylic acids is 1. The summed E-state index contributed by atoms with van der Waals surface area (Å²) in [5.41, 5.74) is 0. The zero-order valence-electron chi connectivity index (χ0n) is 10.2. The number of carbonyl (C=O) groups is 2. The molecule has 1 aromatic heterocycles. The Balaban J connectivity index is 1.87. The van der Waals surface area contributed by atoms with E-state index in [0.717, 1.165) is 18.6 Å². The number of nitrogens with zero attached hydrogens (tertiary/aromatic N) is 1. The molecule has 1 fully saturated rings. The first-order chi connectivity index (χ1) is 8.56. The lowest BCUT2D eigenvalue weighted by Gasteiger charge is -2.20. The number of carbonyl (C=O) groups excluding carboxylic acids is 1. The summed E-state index contributed by atoms with van der Waals surface area (Å²) in [6.07, 6.45) is 1.75. The van der Waals surface area contributed by atoms with Crippen molar-refractivity contribution in [2.45, 2.75) is 32.4 Å². The summed E-state index contributed by atoms with van der Waals surface area (Å²) in [5, 5.41) is 11.4. The van der Waals surface area contributed by atoms with E-state index in [1.54, 1.807) is 6.07 Å². The number of carboxylic acids is 1. The van der Waals surface area contributed by atoms with Crippen LogP contribution >= 0.6 is 0 Å². The molecule has 1 aliphatic rings. The van der Waals surface area contributed by atoms with Gasteiger partial charge in [0.1, 0.15) is 18.1 Å². The van der Waals surface area contributed by atoms with Gasteiger partial charge in [0.2, 0.25) is 0 Å². The first-order valence-corrected chi connectivity index (χ1v) is 5.88. The van der Waals surface area contributed by atoms with Crippen LogP contribution in [0.1, 0.15) is 24.4 Å². The van der Waals surface area contributed by atoms with Crippen LogP contribution in [0.15, 0.2) is 16.5 Å². The van der Waals surface area contributed by atoms with E-state index in [2.05, 4.69) is 5.32 Å². The van der Waals surface area contributed by atoms with Gasteiger partial charge in [-0.15, -0.1) is 0 Å². The first kappa shape index (κ1) is 12.5. The van der Waals surface area contributed by atoms with Gasteiger partial charge in [0, 0.05) is 6.04 Å². The summed E-state index contributed by atoms with van der Waals surface area (Å²) >= 11 is 0. The van der Waals surface area contributed by atoms with Crippen molar-refractivity contribution < 1.29 is 19.1 Å². The van der Waals surface area contributed by atoms with Gasteiger partial charge in [0.05, 0.1) is 6.54 Å². The molecule has 0 saturated heterocycles. The van der Waals surface area contributed by atoms with E-state index in [1.807, 2.05) is 13.0 Å². The highest BCUT2D eigenvalue weighted by molar-refractivity contribution is 5.80. The van der Waals surface area contributed by atoms with Crippen LogP contribution in [0.5, 0.6) is 0 Å². The Bertz CT molecular complexity index is 451. The summed E-state index contributed by atoms with van der Waals surface area (Å²) in [5.74, 6) is 0.446. The number of aryl methyl sites for hydroxylation is 1. The third-order valence-corrected chi connectivity index (χ3v) is 2.76. The molecule has 1 saturated carbocycles. The Labute approximate surface area is 105 Å². The number of nitrogens with one attached hydrogen (secondary N) is 1. The lowest BCUT2D eigenvalue weighted by atomic mass is 10.4. The molecule has 1 heterocycles. The molecule has 2 N–H and O–H groups in total. The van der Waals surface area contributed by atoms with Crippen LogP contribution in [0.4, 0.5) is 4.79 Å². The van der Waals surface area contributed by atoms with E-state index in [-0.39, 0.29) is 25.2 Å². The number of hydrogen-bond donors (Lipinski definition) is 2. The Morgan fingerprint density at radius 3 is 2.72 bits per heavy atom. The Kier molecular flexibility index (Phi) is 3.55. The maximum atomic E-state index is 11.9. The Morgan fingerprint density at radius 2 is 2.22 bits per heavy atom. The van der Waals surface area contributed by atoms with Gasteiger partial charge >= 0.3 is 12.0 Å². The molecule has 0 bridgehead atoms. The molecule has 98 valence electrons. The highest BCUT2D eigenvalue weighted by Crippen LogP contribution is 2.26. The fourth-order valence-electron chi connectivity index (χ4n) is 1.74. The molecular formula is C12H16N2O4. The minimum atomic E-state index is -0.995. The molecule has 2 rings (SSSR count). The Hall–Kier alpha value is -1.98. The topological polar surface area (TPSA) is 82.8 Å². The fraction of sp³-hybridized carbons (Fsp3) is 0.500. The van der Waals surface area contributed by atoms with Crippen LogP contribution < -0.4 is 5.32 Å². The minimum Gasteiger partial charge on any atom is -0.480 e. The second kappa shape index (κ2) is 5.12. The van der Waals surface area contributed by atoms with E-state index < -0.39 is 5.97 Å². The van der Waals surface area contributed by atoms with Gasteiger partial charge in [0.15, 0.2) is 0 Å². The largest absolute Gasteiger partial charge is 0.480 e. The van der Waals surface area contributed by atoms with Crippen LogP contribution in [0.25, 0.3) is 0 Å². The molecule has 0 aromatic carbocycles. The molecule has 2 amide bonds. The van der Waals surface area contributed by atoms with E-state index >= 15 is 0 Å². The van der Waals surface area contributed by atoms with E-state index in [9.17, 15) is 9.59 Å². The molecule has 6 heteroatoms. The first-order valence-electron chi connectivity index (χ1n) is 5.88. The lowest BCUT2D eigenvalue weighted by Crippen LogP contribution is -2.43. The quantitative estimate of drug-likeness (QED) is 0.828. The number of urea groups is 1. The van der Waals surface area contributed by atoms with Gasteiger partial charge in [-0.05, 0) is 31.9 Å². The van der Waals surface area contributed by atoms with Gasteiger partial charge in [-0.25, -0.2) is 4.79 Å². The third kappa shape index (κ3) is 3.26. The van der Waals surface area contributed by atoms with Gasteiger partial charge < -0.3 is 19.7 Å². The molecule has 1 aromatic rings. The molecule has 0 spiro atoms. The molecule has 0 aliphatic heterocycles. The number of amides is 2. The summed E-state index contributed by atoms with van der Waals surface area (Å²) in [7, 11) is 0. The summed E-state index contributed by atoms with van der Waals surface area (Å²) in [6, 6.07) is 3.32. The van der Waals surface area contributed by atoms with Crippen molar-refractivity contribution >= 4 is 12.0 Å². The maximum Gasteiger partial charge on any atom is 0.323 e. The average Bonchev–Trinajstić information content (AvgIpc) is 3.06. The van der Waals surface area contributed by atoms with Gasteiger partial charge in [-0.3, -0.25) is 4.79 Å². The minimum absolute atomic E-state index is 0.0689.